The molecule has 0 amide bonds. The number of hydrogen-bond acceptors (Lipinski definition) is 11. The third-order valence-corrected chi connectivity index (χ3v) is 7.87. The Morgan fingerprint density at radius 3 is 2.63 bits per heavy atom. The molecular formula is C29H20F4N6O6S. The van der Waals surface area contributed by atoms with Crippen LogP contribution in [0.2, 0.25) is 0 Å². The van der Waals surface area contributed by atoms with Gasteiger partial charge in [-0.05, 0) is 36.4 Å². The van der Waals surface area contributed by atoms with Gasteiger partial charge in [-0.2, -0.15) is 0 Å². The number of nitrogens with two attached hydrogens (primary N) is 1. The molecule has 7 rings (SSSR count). The summed E-state index contributed by atoms with van der Waals surface area (Å²) in [7, 11) is 1.69. The highest BCUT2D eigenvalue weighted by molar-refractivity contribution is 7.80. The van der Waals surface area contributed by atoms with Crippen LogP contribution < -0.4 is 15.2 Å². The van der Waals surface area contributed by atoms with Gasteiger partial charge in [0.1, 0.15) is 23.1 Å². The number of amidine groups is 2. The van der Waals surface area contributed by atoms with E-state index in [-0.39, 0.29) is 21.8 Å². The molecule has 17 heteroatoms. The number of carbonyl (C=O) groups is 1. The molecule has 12 nitrogen and oxygen atoms in total. The minimum atomic E-state index is -2.37. The molecule has 3 aliphatic rings. The Morgan fingerprint density at radius 2 is 1.91 bits per heavy atom. The molecule has 0 radical (unpaired) electrons. The molecule has 46 heavy (non-hydrogen) atoms. The second-order valence-electron chi connectivity index (χ2n) is 9.92. The van der Waals surface area contributed by atoms with Gasteiger partial charge >= 0.3 is 5.97 Å². The summed E-state index contributed by atoms with van der Waals surface area (Å²) >= 11 is -2.37. The van der Waals surface area contributed by atoms with Crippen molar-refractivity contribution in [2.75, 3.05) is 20.1 Å². The fraction of sp³-hybridized carbons (Fsp3) is 0.138. The van der Waals surface area contributed by atoms with Gasteiger partial charge in [-0.15, -0.1) is 0 Å². The molecule has 4 N–H and O–H groups in total. The number of phenols is 1. The van der Waals surface area contributed by atoms with Gasteiger partial charge in [0.2, 0.25) is 16.8 Å². The van der Waals surface area contributed by atoms with Crippen LogP contribution in [0.4, 0.5) is 17.6 Å². The Morgan fingerprint density at radius 1 is 1.13 bits per heavy atom. The molecule has 4 aromatic rings. The smallest absolute Gasteiger partial charge is 0.326 e. The van der Waals surface area contributed by atoms with Gasteiger partial charge in [-0.25, -0.2) is 31.7 Å². The number of halogens is 4. The fourth-order valence-corrected chi connectivity index (χ4v) is 5.37. The monoisotopic (exact) mass is 656 g/mol. The van der Waals surface area contributed by atoms with Crippen molar-refractivity contribution in [3.8, 4) is 40.1 Å². The number of carbonyl (C=O) groups excluding carboxylic acids is 1. The zero-order valence-corrected chi connectivity index (χ0v) is 24.3. The molecule has 5 heterocycles. The molecular weight excluding hydrogens is 636 g/mol. The number of phenolic OH excluding ortho intramolecular Hbond substituents is 1. The van der Waals surface area contributed by atoms with Crippen molar-refractivity contribution in [2.24, 2.45) is 10.7 Å². The second kappa shape index (κ2) is 11.7. The lowest BCUT2D eigenvalue weighted by atomic mass is 10.1. The van der Waals surface area contributed by atoms with E-state index >= 15 is 17.6 Å². The fourth-order valence-electron chi connectivity index (χ4n) is 4.65. The number of benzene rings is 2. The molecule has 0 saturated heterocycles. The third kappa shape index (κ3) is 5.44. The Labute approximate surface area is 259 Å². The number of nitrogens with one attached hydrogen (secondary N) is 1. The van der Waals surface area contributed by atoms with Gasteiger partial charge < -0.3 is 29.4 Å². The maximum absolute atomic E-state index is 16.2. The van der Waals surface area contributed by atoms with Crippen molar-refractivity contribution >= 4 is 28.7 Å². The number of ether oxygens (including phenoxy) is 2. The molecule has 2 aromatic heterocycles. The molecule has 1 unspecified atom stereocenters. The maximum Gasteiger partial charge on any atom is 0.326 e. The molecule has 3 aliphatic heterocycles. The van der Waals surface area contributed by atoms with Crippen LogP contribution in [-0.4, -0.2) is 62.0 Å². The van der Waals surface area contributed by atoms with Crippen LogP contribution in [0, 0.1) is 28.7 Å². The van der Waals surface area contributed by atoms with E-state index in [1.165, 1.54) is 24.3 Å². The van der Waals surface area contributed by atoms with E-state index in [2.05, 4.69) is 15.0 Å². The summed E-state index contributed by atoms with van der Waals surface area (Å²) in [4.78, 5) is 26.0. The van der Waals surface area contributed by atoms with Gasteiger partial charge in [0, 0.05) is 19.2 Å². The SMILES string of the molecule is CN1CCN=C1c1cc2ccc1Oc1c(F)c(nc(-c3c(F)cnc(Oc4cc(C(=N)N)ccc4O)c3F)c1F)CC(=O)OS2=O. The van der Waals surface area contributed by atoms with Crippen molar-refractivity contribution in [3.63, 3.8) is 0 Å². The lowest BCUT2D eigenvalue weighted by molar-refractivity contribution is -0.132. The van der Waals surface area contributed by atoms with E-state index in [9.17, 15) is 14.1 Å². The number of aromatic hydroxyl groups is 1. The van der Waals surface area contributed by atoms with Gasteiger partial charge in [-0.1, -0.05) is 0 Å². The van der Waals surface area contributed by atoms with Gasteiger partial charge in [0.15, 0.2) is 34.8 Å². The largest absolute Gasteiger partial charge is 0.504 e. The average Bonchev–Trinajstić information content (AvgIpc) is 3.44. The normalized spacial score (nSPS) is 15.8. The zero-order chi connectivity index (χ0) is 32.9. The van der Waals surface area contributed by atoms with Crippen LogP contribution >= 0.6 is 0 Å². The van der Waals surface area contributed by atoms with Crippen molar-refractivity contribution < 1.29 is 45.3 Å². The quantitative estimate of drug-likeness (QED) is 0.161. The summed E-state index contributed by atoms with van der Waals surface area (Å²) in [5.41, 5.74) is 2.52. The van der Waals surface area contributed by atoms with E-state index in [1.807, 2.05) is 0 Å². The highest BCUT2D eigenvalue weighted by atomic mass is 32.2. The van der Waals surface area contributed by atoms with Gasteiger partial charge in [-0.3, -0.25) is 15.2 Å². The summed E-state index contributed by atoms with van der Waals surface area (Å²) in [6.07, 6.45) is -0.562. The topological polar surface area (TPSA) is 173 Å². The first-order valence-electron chi connectivity index (χ1n) is 13.2. The number of aromatic nitrogens is 2. The van der Waals surface area contributed by atoms with E-state index in [0.29, 0.717) is 25.1 Å². The standard InChI is InChI=1S/C29H20F4N6O6S/c1-39-7-6-36-28(39)14-9-13-3-5-18(14)43-26-22(31)16(10-20(41)45-46(13)42)38-25(24(26)33)21-15(30)11-37-29(23(21)32)44-19-8-12(27(34)35)2-4-17(19)40/h2-5,8-9,11,40H,6-7,10H2,1H3,(H3,34,35). The summed E-state index contributed by atoms with van der Waals surface area (Å²) < 4.78 is 91.9. The lowest BCUT2D eigenvalue weighted by Gasteiger charge is -2.20. The molecule has 0 saturated carbocycles. The summed E-state index contributed by atoms with van der Waals surface area (Å²) in [6.45, 7) is 0.868. The van der Waals surface area contributed by atoms with Crippen LogP contribution in [0.25, 0.3) is 11.3 Å². The molecule has 0 aliphatic carbocycles. The van der Waals surface area contributed by atoms with Gasteiger partial charge in [0.05, 0.1) is 40.9 Å². The third-order valence-electron chi connectivity index (χ3n) is 6.90. The minimum absolute atomic E-state index is 0.0332. The molecule has 2 aromatic carbocycles. The summed E-state index contributed by atoms with van der Waals surface area (Å²) in [5, 5.41) is 17.7. The highest BCUT2D eigenvalue weighted by Crippen LogP contribution is 2.41. The minimum Gasteiger partial charge on any atom is -0.504 e. The number of hydrogen-bond donors (Lipinski definition) is 3. The maximum atomic E-state index is 16.2. The van der Waals surface area contributed by atoms with Crippen LogP contribution in [0.5, 0.6) is 28.9 Å². The van der Waals surface area contributed by atoms with Crippen LogP contribution in [0.3, 0.4) is 0 Å². The summed E-state index contributed by atoms with van der Waals surface area (Å²) in [6, 6.07) is 7.26. The van der Waals surface area contributed by atoms with E-state index in [0.717, 1.165) is 12.1 Å². The predicted octanol–water partition coefficient (Wildman–Crippen LogP) is 4.09. The van der Waals surface area contributed by atoms with E-state index in [4.69, 9.17) is 24.8 Å². The Hall–Kier alpha value is -5.58. The molecule has 4 bridgehead atoms. The van der Waals surface area contributed by atoms with Crippen molar-refractivity contribution in [1.82, 2.24) is 14.9 Å². The van der Waals surface area contributed by atoms with Crippen molar-refractivity contribution in [3.05, 3.63) is 82.7 Å². The number of likely N-dealkylation sites (N-methyl/N-ethyl adjacent to an activating group) is 1. The molecule has 236 valence electrons. The number of rotatable bonds is 5. The lowest BCUT2D eigenvalue weighted by Crippen LogP contribution is -2.24. The molecule has 0 spiro atoms. The first-order valence-corrected chi connectivity index (χ1v) is 14.3. The van der Waals surface area contributed by atoms with E-state index in [1.54, 1.807) is 11.9 Å². The second-order valence-corrected chi connectivity index (χ2v) is 11.0. The number of nitrogens with zero attached hydrogens (tertiary/aromatic N) is 4. The highest BCUT2D eigenvalue weighted by Gasteiger charge is 2.32. The Kier molecular flexibility index (Phi) is 7.77. The summed E-state index contributed by atoms with van der Waals surface area (Å²) in [5.74, 6) is -10.8. The molecule has 1 atom stereocenters. The first kappa shape index (κ1) is 30.4. The van der Waals surface area contributed by atoms with Crippen LogP contribution in [-0.2, 0) is 26.5 Å². The Balaban J connectivity index is 1.53. The number of aliphatic imine (C=N–C) groups is 1. The van der Waals surface area contributed by atoms with E-state index < -0.39 is 92.7 Å². The van der Waals surface area contributed by atoms with Crippen LogP contribution in [0.1, 0.15) is 16.8 Å². The van der Waals surface area contributed by atoms with Crippen molar-refractivity contribution in [1.29, 1.82) is 5.41 Å². The van der Waals surface area contributed by atoms with Crippen molar-refractivity contribution in [2.45, 2.75) is 11.3 Å². The average molecular weight is 657 g/mol. The zero-order valence-electron chi connectivity index (χ0n) is 23.4. The first-order chi connectivity index (χ1) is 21.9. The molecule has 0 fully saturated rings. The van der Waals surface area contributed by atoms with Crippen LogP contribution in [0.15, 0.2) is 52.5 Å². The number of fused-ring (bicyclic) bond motifs is 5. The number of nitrogen functional groups attached to an aromatic ring is 1. The number of pyridine rings is 2. The van der Waals surface area contributed by atoms with Gasteiger partial charge in [0.25, 0.3) is 5.88 Å². The predicted molar refractivity (Wildman–Crippen MR) is 153 cm³/mol. The Bertz CT molecular complexity index is 2030.